The summed E-state index contributed by atoms with van der Waals surface area (Å²) in [4.78, 5) is 0. The summed E-state index contributed by atoms with van der Waals surface area (Å²) in [6.07, 6.45) is 4.10. The fourth-order valence-corrected chi connectivity index (χ4v) is 1.46. The first-order valence-corrected chi connectivity index (χ1v) is 5.89. The molecule has 0 saturated carbocycles. The normalized spacial score (nSPS) is 11.4. The highest BCUT2D eigenvalue weighted by atomic mass is 79.9. The summed E-state index contributed by atoms with van der Waals surface area (Å²) in [7, 11) is 0. The minimum atomic E-state index is 0.548. The summed E-state index contributed by atoms with van der Waals surface area (Å²) in [5.74, 6) is 0.548. The molecule has 2 heteroatoms. The van der Waals surface area contributed by atoms with E-state index >= 15 is 0 Å². The van der Waals surface area contributed by atoms with Gasteiger partial charge >= 0.3 is 0 Å². The van der Waals surface area contributed by atoms with Crippen LogP contribution in [0.15, 0.2) is 24.3 Å². The van der Waals surface area contributed by atoms with Gasteiger partial charge in [-0.2, -0.15) is 0 Å². The highest BCUT2D eigenvalue weighted by Crippen LogP contribution is 2.21. The lowest BCUT2D eigenvalue weighted by Crippen LogP contribution is -1.93. The van der Waals surface area contributed by atoms with Gasteiger partial charge in [-0.25, -0.2) is 0 Å². The molecule has 0 amide bonds. The molecule has 0 bridgehead atoms. The number of nitrogens with two attached hydrogens (primary N) is 1. The molecule has 1 rings (SSSR count). The average molecular weight is 254 g/mol. The highest BCUT2D eigenvalue weighted by Gasteiger charge is 2.01. The maximum atomic E-state index is 5.86. The zero-order chi connectivity index (χ0) is 10.6. The molecule has 14 heavy (non-hydrogen) atoms. The zero-order valence-corrected chi connectivity index (χ0v) is 10.2. The molecule has 1 nitrogen and oxygen atoms in total. The summed E-state index contributed by atoms with van der Waals surface area (Å²) >= 11 is 3.35. The SMILES string of the molecule is CC(C)c1ccc(N)c(C=CCBr)c1. The van der Waals surface area contributed by atoms with E-state index in [9.17, 15) is 0 Å². The Morgan fingerprint density at radius 1 is 1.43 bits per heavy atom. The predicted molar refractivity (Wildman–Crippen MR) is 67.8 cm³/mol. The molecule has 1 aromatic carbocycles. The van der Waals surface area contributed by atoms with Crippen LogP contribution in [0.3, 0.4) is 0 Å². The summed E-state index contributed by atoms with van der Waals surface area (Å²) in [6, 6.07) is 6.22. The van der Waals surface area contributed by atoms with Crippen molar-refractivity contribution in [2.24, 2.45) is 0 Å². The lowest BCUT2D eigenvalue weighted by Gasteiger charge is -2.08. The van der Waals surface area contributed by atoms with Crippen LogP contribution in [-0.2, 0) is 0 Å². The van der Waals surface area contributed by atoms with Gasteiger partial charge in [0.05, 0.1) is 0 Å². The van der Waals surface area contributed by atoms with Crippen LogP contribution in [-0.4, -0.2) is 5.33 Å². The topological polar surface area (TPSA) is 26.0 Å². The second-order valence-corrected chi connectivity index (χ2v) is 4.25. The van der Waals surface area contributed by atoms with E-state index in [1.54, 1.807) is 0 Å². The van der Waals surface area contributed by atoms with E-state index in [4.69, 9.17) is 5.73 Å². The van der Waals surface area contributed by atoms with E-state index in [-0.39, 0.29) is 0 Å². The number of hydrogen-bond donors (Lipinski definition) is 1. The largest absolute Gasteiger partial charge is 0.398 e. The minimum Gasteiger partial charge on any atom is -0.398 e. The van der Waals surface area contributed by atoms with E-state index in [2.05, 4.69) is 54.1 Å². The minimum absolute atomic E-state index is 0.548. The standard InChI is InChI=1S/C12H16BrN/c1-9(2)10-5-6-12(14)11(8-10)4-3-7-13/h3-6,8-9H,7,14H2,1-2H3. The van der Waals surface area contributed by atoms with Crippen molar-refractivity contribution in [3.05, 3.63) is 35.4 Å². The van der Waals surface area contributed by atoms with Gasteiger partial charge in [0.2, 0.25) is 0 Å². The molecule has 2 N–H and O–H groups in total. The van der Waals surface area contributed by atoms with E-state index in [1.807, 2.05) is 6.07 Å². The molecule has 0 aliphatic heterocycles. The first-order chi connectivity index (χ1) is 6.65. The molecule has 0 atom stereocenters. The van der Waals surface area contributed by atoms with Gasteiger partial charge in [0.15, 0.2) is 0 Å². The molecule has 1 aromatic rings. The predicted octanol–water partition coefficient (Wildman–Crippen LogP) is 3.80. The maximum Gasteiger partial charge on any atom is 0.0387 e. The molecule has 76 valence electrons. The first-order valence-electron chi connectivity index (χ1n) is 4.77. The Hall–Kier alpha value is -0.760. The first kappa shape index (κ1) is 11.3. The summed E-state index contributed by atoms with van der Waals surface area (Å²) < 4.78 is 0. The summed E-state index contributed by atoms with van der Waals surface area (Å²) in [5.41, 5.74) is 9.14. The Bertz CT molecular complexity index is 329. The molecule has 0 heterocycles. The van der Waals surface area contributed by atoms with Crippen LogP contribution in [0.4, 0.5) is 5.69 Å². The molecular weight excluding hydrogens is 238 g/mol. The second kappa shape index (κ2) is 5.20. The summed E-state index contributed by atoms with van der Waals surface area (Å²) in [6.45, 7) is 4.37. The molecule has 0 aliphatic rings. The van der Waals surface area contributed by atoms with Crippen LogP contribution in [0.1, 0.15) is 30.9 Å². The number of alkyl halides is 1. The van der Waals surface area contributed by atoms with Gasteiger partial charge in [-0.05, 0) is 29.2 Å². The third-order valence-corrected chi connectivity index (χ3v) is 2.54. The van der Waals surface area contributed by atoms with Crippen molar-refractivity contribution in [1.82, 2.24) is 0 Å². The second-order valence-electron chi connectivity index (χ2n) is 3.60. The van der Waals surface area contributed by atoms with Crippen molar-refractivity contribution in [2.45, 2.75) is 19.8 Å². The van der Waals surface area contributed by atoms with Gasteiger partial charge in [0.25, 0.3) is 0 Å². The number of allylic oxidation sites excluding steroid dienone is 1. The average Bonchev–Trinajstić information content (AvgIpc) is 2.16. The molecular formula is C12H16BrN. The fraction of sp³-hybridized carbons (Fsp3) is 0.333. The van der Waals surface area contributed by atoms with E-state index in [1.165, 1.54) is 5.56 Å². The van der Waals surface area contributed by atoms with Gasteiger partial charge < -0.3 is 5.73 Å². The summed E-state index contributed by atoms with van der Waals surface area (Å²) in [5, 5.41) is 0.859. The number of anilines is 1. The monoisotopic (exact) mass is 253 g/mol. The molecule has 0 spiro atoms. The Morgan fingerprint density at radius 2 is 2.14 bits per heavy atom. The van der Waals surface area contributed by atoms with Gasteiger partial charge in [-0.15, -0.1) is 0 Å². The van der Waals surface area contributed by atoms with Crippen LogP contribution < -0.4 is 5.73 Å². The molecule has 0 aliphatic carbocycles. The van der Waals surface area contributed by atoms with Crippen LogP contribution >= 0.6 is 15.9 Å². The number of halogens is 1. The van der Waals surface area contributed by atoms with Gasteiger partial charge in [0, 0.05) is 11.0 Å². The number of benzene rings is 1. The smallest absolute Gasteiger partial charge is 0.0387 e. The Balaban J connectivity index is 3.02. The lowest BCUT2D eigenvalue weighted by molar-refractivity contribution is 0.866. The zero-order valence-electron chi connectivity index (χ0n) is 8.63. The van der Waals surface area contributed by atoms with Crippen molar-refractivity contribution in [3.63, 3.8) is 0 Å². The Kier molecular flexibility index (Phi) is 4.21. The van der Waals surface area contributed by atoms with Crippen molar-refractivity contribution in [3.8, 4) is 0 Å². The van der Waals surface area contributed by atoms with Gasteiger partial charge in [0.1, 0.15) is 0 Å². The van der Waals surface area contributed by atoms with E-state index in [0.29, 0.717) is 5.92 Å². The van der Waals surface area contributed by atoms with E-state index in [0.717, 1.165) is 16.6 Å². The Labute approximate surface area is 94.1 Å². The molecule has 0 aromatic heterocycles. The van der Waals surface area contributed by atoms with Crippen LogP contribution in [0.2, 0.25) is 0 Å². The number of hydrogen-bond acceptors (Lipinski definition) is 1. The van der Waals surface area contributed by atoms with E-state index < -0.39 is 0 Å². The molecule has 0 saturated heterocycles. The number of rotatable bonds is 3. The van der Waals surface area contributed by atoms with Crippen LogP contribution in [0.25, 0.3) is 6.08 Å². The van der Waals surface area contributed by atoms with Crippen molar-refractivity contribution in [2.75, 3.05) is 11.1 Å². The fourth-order valence-electron chi connectivity index (χ4n) is 1.27. The Morgan fingerprint density at radius 3 is 2.71 bits per heavy atom. The van der Waals surface area contributed by atoms with Crippen molar-refractivity contribution in [1.29, 1.82) is 0 Å². The molecule has 0 fully saturated rings. The number of nitrogen functional groups attached to an aromatic ring is 1. The third-order valence-electron chi connectivity index (χ3n) is 2.16. The highest BCUT2D eigenvalue weighted by molar-refractivity contribution is 9.09. The third kappa shape index (κ3) is 2.88. The maximum absolute atomic E-state index is 5.86. The lowest BCUT2D eigenvalue weighted by atomic mass is 10.00. The van der Waals surface area contributed by atoms with Crippen molar-refractivity contribution >= 4 is 27.7 Å². The van der Waals surface area contributed by atoms with Crippen molar-refractivity contribution < 1.29 is 0 Å². The van der Waals surface area contributed by atoms with Gasteiger partial charge in [-0.1, -0.05) is 48.0 Å². The van der Waals surface area contributed by atoms with Gasteiger partial charge in [-0.3, -0.25) is 0 Å². The van der Waals surface area contributed by atoms with Crippen LogP contribution in [0.5, 0.6) is 0 Å². The molecule has 0 radical (unpaired) electrons. The quantitative estimate of drug-likeness (QED) is 0.644. The van der Waals surface area contributed by atoms with Crippen LogP contribution in [0, 0.1) is 0 Å². The molecule has 0 unspecified atom stereocenters.